The lowest BCUT2D eigenvalue weighted by Gasteiger charge is -2.33. The fourth-order valence-electron chi connectivity index (χ4n) is 2.92. The van der Waals surface area contributed by atoms with Gasteiger partial charge in [0.2, 0.25) is 0 Å². The highest BCUT2D eigenvalue weighted by molar-refractivity contribution is 5.71. The zero-order valence-corrected chi connectivity index (χ0v) is 10.5. The molecule has 0 saturated heterocycles. The molecule has 0 aliphatic heterocycles. The molecule has 1 fully saturated rings. The number of carbonyl (C=O) groups is 1. The van der Waals surface area contributed by atoms with Crippen molar-refractivity contribution in [3.8, 4) is 0 Å². The molecule has 0 radical (unpaired) electrons. The molecule has 1 N–H and O–H groups in total. The largest absolute Gasteiger partial charge is 0.481 e. The van der Waals surface area contributed by atoms with E-state index in [0.29, 0.717) is 5.92 Å². The Morgan fingerprint density at radius 3 is 2.88 bits per heavy atom. The molecular formula is C13H20N2O2. The minimum absolute atomic E-state index is 0.139. The number of aromatic nitrogens is 2. The summed E-state index contributed by atoms with van der Waals surface area (Å²) in [4.78, 5) is 11.3. The minimum Gasteiger partial charge on any atom is -0.481 e. The number of nitrogens with zero attached hydrogens (tertiary/aromatic N) is 2. The molecule has 4 nitrogen and oxygen atoms in total. The molecule has 0 aromatic carbocycles. The van der Waals surface area contributed by atoms with Crippen molar-refractivity contribution in [2.45, 2.75) is 38.5 Å². The number of rotatable bonds is 3. The summed E-state index contributed by atoms with van der Waals surface area (Å²) in [5.41, 5.74) is 1.08. The summed E-state index contributed by atoms with van der Waals surface area (Å²) in [5, 5.41) is 13.5. The smallest absolute Gasteiger partial charge is 0.307 e. The van der Waals surface area contributed by atoms with Gasteiger partial charge in [-0.2, -0.15) is 5.10 Å². The van der Waals surface area contributed by atoms with Crippen LogP contribution in [0.4, 0.5) is 0 Å². The van der Waals surface area contributed by atoms with Gasteiger partial charge in [-0.15, -0.1) is 0 Å². The van der Waals surface area contributed by atoms with Crippen molar-refractivity contribution in [3.63, 3.8) is 0 Å². The lowest BCUT2D eigenvalue weighted by molar-refractivity contribution is -0.143. The van der Waals surface area contributed by atoms with Crippen LogP contribution in [0.25, 0.3) is 0 Å². The van der Waals surface area contributed by atoms with E-state index in [1.54, 1.807) is 4.68 Å². The third-order valence-corrected chi connectivity index (χ3v) is 4.01. The van der Waals surface area contributed by atoms with E-state index >= 15 is 0 Å². The molecule has 1 aromatic rings. The van der Waals surface area contributed by atoms with Gasteiger partial charge in [0.25, 0.3) is 0 Å². The van der Waals surface area contributed by atoms with Crippen LogP contribution in [0.15, 0.2) is 12.4 Å². The first-order valence-corrected chi connectivity index (χ1v) is 6.33. The molecule has 3 unspecified atom stereocenters. The van der Waals surface area contributed by atoms with Crippen LogP contribution in [0.1, 0.15) is 44.1 Å². The van der Waals surface area contributed by atoms with E-state index in [0.717, 1.165) is 31.2 Å². The Labute approximate surface area is 102 Å². The summed E-state index contributed by atoms with van der Waals surface area (Å²) in [6, 6.07) is 0. The van der Waals surface area contributed by atoms with E-state index in [2.05, 4.69) is 12.0 Å². The first-order chi connectivity index (χ1) is 8.11. The SMILES string of the molecule is CCC1CCC(C(=O)O)C(c2cnn(C)c2)C1. The monoisotopic (exact) mass is 236 g/mol. The molecule has 1 saturated carbocycles. The zero-order valence-electron chi connectivity index (χ0n) is 10.5. The lowest BCUT2D eigenvalue weighted by atomic mass is 9.71. The first-order valence-electron chi connectivity index (χ1n) is 6.33. The summed E-state index contributed by atoms with van der Waals surface area (Å²) in [6.45, 7) is 2.19. The predicted molar refractivity (Wildman–Crippen MR) is 64.7 cm³/mol. The highest BCUT2D eigenvalue weighted by Gasteiger charge is 2.35. The van der Waals surface area contributed by atoms with Gasteiger partial charge in [-0.3, -0.25) is 9.48 Å². The molecule has 0 spiro atoms. The molecule has 0 amide bonds. The van der Waals surface area contributed by atoms with Crippen LogP contribution in [0.3, 0.4) is 0 Å². The van der Waals surface area contributed by atoms with Crippen molar-refractivity contribution in [2.75, 3.05) is 0 Å². The van der Waals surface area contributed by atoms with Crippen molar-refractivity contribution in [2.24, 2.45) is 18.9 Å². The quantitative estimate of drug-likeness (QED) is 0.876. The second kappa shape index (κ2) is 4.90. The molecule has 3 atom stereocenters. The van der Waals surface area contributed by atoms with Crippen LogP contribution in [0.5, 0.6) is 0 Å². The molecule has 1 heterocycles. The molecule has 1 aliphatic carbocycles. The van der Waals surface area contributed by atoms with Gasteiger partial charge in [-0.25, -0.2) is 0 Å². The molecule has 2 rings (SSSR count). The highest BCUT2D eigenvalue weighted by Crippen LogP contribution is 2.41. The van der Waals surface area contributed by atoms with E-state index in [-0.39, 0.29) is 11.8 Å². The Balaban J connectivity index is 2.21. The first kappa shape index (κ1) is 12.1. The van der Waals surface area contributed by atoms with Crippen LogP contribution >= 0.6 is 0 Å². The lowest BCUT2D eigenvalue weighted by Crippen LogP contribution is -2.29. The molecule has 94 valence electrons. The summed E-state index contributed by atoms with van der Waals surface area (Å²) in [6.07, 6.45) is 7.75. The van der Waals surface area contributed by atoms with Gasteiger partial charge < -0.3 is 5.11 Å². The van der Waals surface area contributed by atoms with Gasteiger partial charge in [0.05, 0.1) is 12.1 Å². The van der Waals surface area contributed by atoms with E-state index in [9.17, 15) is 9.90 Å². The molecular weight excluding hydrogens is 216 g/mol. The van der Waals surface area contributed by atoms with Gasteiger partial charge in [-0.05, 0) is 30.7 Å². The van der Waals surface area contributed by atoms with Crippen molar-refractivity contribution >= 4 is 5.97 Å². The maximum atomic E-state index is 11.3. The van der Waals surface area contributed by atoms with Crippen LogP contribution in [-0.2, 0) is 11.8 Å². The average molecular weight is 236 g/mol. The maximum absolute atomic E-state index is 11.3. The highest BCUT2D eigenvalue weighted by atomic mass is 16.4. The maximum Gasteiger partial charge on any atom is 0.307 e. The number of hydrogen-bond acceptors (Lipinski definition) is 2. The van der Waals surface area contributed by atoms with Crippen LogP contribution in [0, 0.1) is 11.8 Å². The predicted octanol–water partition coefficient (Wildman–Crippen LogP) is 2.41. The average Bonchev–Trinajstić information content (AvgIpc) is 2.75. The Kier molecular flexibility index (Phi) is 3.50. The van der Waals surface area contributed by atoms with Gasteiger partial charge in [0.1, 0.15) is 0 Å². The molecule has 4 heteroatoms. The molecule has 17 heavy (non-hydrogen) atoms. The number of hydrogen-bond donors (Lipinski definition) is 1. The van der Waals surface area contributed by atoms with Crippen molar-refractivity contribution < 1.29 is 9.90 Å². The number of carboxylic acid groups (broad SMARTS) is 1. The summed E-state index contributed by atoms with van der Waals surface area (Å²) in [7, 11) is 1.87. The fraction of sp³-hybridized carbons (Fsp3) is 0.692. The standard InChI is InChI=1S/C13H20N2O2/c1-3-9-4-5-11(13(16)17)12(6-9)10-7-14-15(2)8-10/h7-9,11-12H,3-6H2,1-2H3,(H,16,17). The summed E-state index contributed by atoms with van der Waals surface area (Å²) in [5.74, 6) is -0.0916. The van der Waals surface area contributed by atoms with E-state index in [1.807, 2.05) is 19.4 Å². The van der Waals surface area contributed by atoms with Crippen LogP contribution in [-0.4, -0.2) is 20.9 Å². The van der Waals surface area contributed by atoms with Crippen molar-refractivity contribution in [1.82, 2.24) is 9.78 Å². The Bertz CT molecular complexity index is 400. The summed E-state index contributed by atoms with van der Waals surface area (Å²) < 4.78 is 1.75. The Morgan fingerprint density at radius 1 is 1.59 bits per heavy atom. The van der Waals surface area contributed by atoms with E-state index in [1.165, 1.54) is 0 Å². The third kappa shape index (κ3) is 2.51. The van der Waals surface area contributed by atoms with Gasteiger partial charge >= 0.3 is 5.97 Å². The number of aliphatic carboxylic acids is 1. The Morgan fingerprint density at radius 2 is 2.35 bits per heavy atom. The second-order valence-electron chi connectivity index (χ2n) is 5.09. The number of carboxylic acids is 1. The van der Waals surface area contributed by atoms with E-state index < -0.39 is 5.97 Å². The fourth-order valence-corrected chi connectivity index (χ4v) is 2.92. The molecule has 1 aromatic heterocycles. The molecule has 0 bridgehead atoms. The van der Waals surface area contributed by atoms with Crippen LogP contribution in [0.2, 0.25) is 0 Å². The van der Waals surface area contributed by atoms with Crippen molar-refractivity contribution in [1.29, 1.82) is 0 Å². The topological polar surface area (TPSA) is 55.1 Å². The van der Waals surface area contributed by atoms with Gasteiger partial charge in [-0.1, -0.05) is 13.3 Å². The zero-order chi connectivity index (χ0) is 12.4. The number of aryl methyl sites for hydroxylation is 1. The second-order valence-corrected chi connectivity index (χ2v) is 5.09. The molecule has 1 aliphatic rings. The summed E-state index contributed by atoms with van der Waals surface area (Å²) >= 11 is 0. The minimum atomic E-state index is -0.659. The van der Waals surface area contributed by atoms with Gasteiger partial charge in [0.15, 0.2) is 0 Å². The van der Waals surface area contributed by atoms with Gasteiger partial charge in [0, 0.05) is 19.2 Å². The normalized spacial score (nSPS) is 29.2. The van der Waals surface area contributed by atoms with Crippen LogP contribution < -0.4 is 0 Å². The Hall–Kier alpha value is -1.32. The van der Waals surface area contributed by atoms with Crippen molar-refractivity contribution in [3.05, 3.63) is 18.0 Å². The van der Waals surface area contributed by atoms with E-state index in [4.69, 9.17) is 0 Å². The third-order valence-electron chi connectivity index (χ3n) is 4.01.